The number of hydrogen-bond donors (Lipinski definition) is 3. The zero-order chi connectivity index (χ0) is 14.6. The van der Waals surface area contributed by atoms with Crippen LogP contribution in [0, 0.1) is 5.92 Å². The third kappa shape index (κ3) is 3.62. The van der Waals surface area contributed by atoms with Crippen LogP contribution < -0.4 is 15.8 Å². The number of nitrogens with one attached hydrogen (secondary N) is 2. The third-order valence-electron chi connectivity index (χ3n) is 3.52. The summed E-state index contributed by atoms with van der Waals surface area (Å²) in [6.45, 7) is 2.44. The molecular formula is C13H21N3O3S. The lowest BCUT2D eigenvalue weighted by molar-refractivity contribution is 0.0699. The van der Waals surface area contributed by atoms with E-state index in [1.807, 2.05) is 0 Å². The Balaban J connectivity index is 2.02. The van der Waals surface area contributed by atoms with Gasteiger partial charge in [0.25, 0.3) is 0 Å². The van der Waals surface area contributed by atoms with Crippen molar-refractivity contribution in [2.45, 2.75) is 17.7 Å². The van der Waals surface area contributed by atoms with Crippen LogP contribution in [0.3, 0.4) is 0 Å². The van der Waals surface area contributed by atoms with E-state index in [9.17, 15) is 8.42 Å². The van der Waals surface area contributed by atoms with E-state index in [0.29, 0.717) is 11.6 Å². The normalized spacial score (nSPS) is 17.1. The maximum absolute atomic E-state index is 11.7. The van der Waals surface area contributed by atoms with E-state index >= 15 is 0 Å². The minimum absolute atomic E-state index is 0.175. The Labute approximate surface area is 119 Å². The summed E-state index contributed by atoms with van der Waals surface area (Å²) in [6, 6.07) is 4.73. The second-order valence-corrected chi connectivity index (χ2v) is 6.78. The molecule has 2 rings (SSSR count). The highest BCUT2D eigenvalue weighted by atomic mass is 32.2. The van der Waals surface area contributed by atoms with Gasteiger partial charge >= 0.3 is 0 Å². The van der Waals surface area contributed by atoms with E-state index in [-0.39, 0.29) is 4.90 Å². The SMILES string of the molecule is CNS(=O)(=O)c1ccc(NCC2CCOCC2)c(N)c1. The number of nitrogen functional groups attached to an aromatic ring is 1. The molecule has 20 heavy (non-hydrogen) atoms. The molecule has 1 aromatic rings. The average Bonchev–Trinajstić information content (AvgIpc) is 2.47. The topological polar surface area (TPSA) is 93.5 Å². The summed E-state index contributed by atoms with van der Waals surface area (Å²) in [5.74, 6) is 0.573. The van der Waals surface area contributed by atoms with Crippen LogP contribution >= 0.6 is 0 Å². The molecule has 0 atom stereocenters. The fourth-order valence-electron chi connectivity index (χ4n) is 2.19. The molecule has 0 bridgehead atoms. The Morgan fingerprint density at radius 2 is 2.05 bits per heavy atom. The molecule has 0 radical (unpaired) electrons. The molecule has 0 unspecified atom stereocenters. The molecule has 1 heterocycles. The average molecular weight is 299 g/mol. The molecule has 1 aliphatic heterocycles. The van der Waals surface area contributed by atoms with Crippen molar-refractivity contribution in [1.82, 2.24) is 4.72 Å². The molecule has 0 saturated carbocycles. The number of anilines is 2. The van der Waals surface area contributed by atoms with E-state index in [1.54, 1.807) is 12.1 Å². The molecule has 0 spiro atoms. The van der Waals surface area contributed by atoms with E-state index in [0.717, 1.165) is 38.3 Å². The minimum atomic E-state index is -3.45. The first-order valence-corrected chi connectivity index (χ1v) is 8.16. The summed E-state index contributed by atoms with van der Waals surface area (Å²) in [4.78, 5) is 0.175. The molecule has 1 fully saturated rings. The molecule has 0 aliphatic carbocycles. The van der Waals surface area contributed by atoms with Gasteiger partial charge in [0.15, 0.2) is 0 Å². The van der Waals surface area contributed by atoms with Crippen molar-refractivity contribution >= 4 is 21.4 Å². The van der Waals surface area contributed by atoms with Crippen LogP contribution in [0.4, 0.5) is 11.4 Å². The predicted octanol–water partition coefficient (Wildman–Crippen LogP) is 1.02. The molecule has 0 amide bonds. The summed E-state index contributed by atoms with van der Waals surface area (Å²) in [7, 11) is -2.07. The monoisotopic (exact) mass is 299 g/mol. The Hall–Kier alpha value is -1.31. The molecule has 1 aliphatic rings. The van der Waals surface area contributed by atoms with Gasteiger partial charge in [-0.15, -0.1) is 0 Å². The Bertz CT molecular complexity index is 554. The molecule has 0 aromatic heterocycles. The molecule has 6 nitrogen and oxygen atoms in total. The smallest absolute Gasteiger partial charge is 0.240 e. The lowest BCUT2D eigenvalue weighted by atomic mass is 10.0. The van der Waals surface area contributed by atoms with E-state index in [2.05, 4.69) is 10.0 Å². The Morgan fingerprint density at radius 1 is 1.35 bits per heavy atom. The van der Waals surface area contributed by atoms with Crippen molar-refractivity contribution < 1.29 is 13.2 Å². The minimum Gasteiger partial charge on any atom is -0.397 e. The van der Waals surface area contributed by atoms with Gasteiger partial charge < -0.3 is 15.8 Å². The maximum Gasteiger partial charge on any atom is 0.240 e. The fraction of sp³-hybridized carbons (Fsp3) is 0.538. The number of nitrogens with two attached hydrogens (primary N) is 1. The van der Waals surface area contributed by atoms with E-state index in [1.165, 1.54) is 13.1 Å². The summed E-state index contributed by atoms with van der Waals surface area (Å²) in [6.07, 6.45) is 2.08. The quantitative estimate of drug-likeness (QED) is 0.706. The van der Waals surface area contributed by atoms with Crippen molar-refractivity contribution in [3.63, 3.8) is 0 Å². The number of hydrogen-bond acceptors (Lipinski definition) is 5. The van der Waals surface area contributed by atoms with Gasteiger partial charge in [-0.05, 0) is 44.0 Å². The molecule has 4 N–H and O–H groups in total. The Morgan fingerprint density at radius 3 is 2.65 bits per heavy atom. The molecular weight excluding hydrogens is 278 g/mol. The molecule has 112 valence electrons. The van der Waals surface area contributed by atoms with Crippen molar-refractivity contribution in [2.75, 3.05) is 37.9 Å². The van der Waals surface area contributed by atoms with Crippen LogP contribution in [0.2, 0.25) is 0 Å². The first kappa shape index (κ1) is 15.1. The highest BCUT2D eigenvalue weighted by Gasteiger charge is 2.15. The van der Waals surface area contributed by atoms with Crippen molar-refractivity contribution in [3.8, 4) is 0 Å². The predicted molar refractivity (Wildman–Crippen MR) is 79.1 cm³/mol. The molecule has 7 heteroatoms. The largest absolute Gasteiger partial charge is 0.397 e. The highest BCUT2D eigenvalue weighted by Crippen LogP contribution is 2.24. The number of rotatable bonds is 5. The van der Waals surface area contributed by atoms with Crippen LogP contribution in [0.15, 0.2) is 23.1 Å². The second kappa shape index (κ2) is 6.43. The highest BCUT2D eigenvalue weighted by molar-refractivity contribution is 7.89. The number of benzene rings is 1. The number of ether oxygens (including phenoxy) is 1. The van der Waals surface area contributed by atoms with E-state index < -0.39 is 10.0 Å². The zero-order valence-corrected chi connectivity index (χ0v) is 12.4. The van der Waals surface area contributed by atoms with Gasteiger partial charge in [0, 0.05) is 19.8 Å². The van der Waals surface area contributed by atoms with Crippen LogP contribution in [-0.2, 0) is 14.8 Å². The van der Waals surface area contributed by atoms with Crippen LogP contribution in [0.5, 0.6) is 0 Å². The summed E-state index contributed by atoms with van der Waals surface area (Å²) in [5.41, 5.74) is 7.12. The van der Waals surface area contributed by atoms with Gasteiger partial charge in [0.2, 0.25) is 10.0 Å². The maximum atomic E-state index is 11.7. The standard InChI is InChI=1S/C13H21N3O3S/c1-15-20(17,18)11-2-3-13(12(14)8-11)16-9-10-4-6-19-7-5-10/h2-3,8,10,15-16H,4-7,9,14H2,1H3. The lowest BCUT2D eigenvalue weighted by Crippen LogP contribution is -2.23. The van der Waals surface area contributed by atoms with Crippen LogP contribution in [0.1, 0.15) is 12.8 Å². The molecule has 1 saturated heterocycles. The lowest BCUT2D eigenvalue weighted by Gasteiger charge is -2.23. The summed E-state index contributed by atoms with van der Waals surface area (Å²) < 4.78 is 30.9. The van der Waals surface area contributed by atoms with Crippen molar-refractivity contribution in [3.05, 3.63) is 18.2 Å². The van der Waals surface area contributed by atoms with Crippen molar-refractivity contribution in [1.29, 1.82) is 0 Å². The van der Waals surface area contributed by atoms with Gasteiger partial charge in [-0.1, -0.05) is 0 Å². The van der Waals surface area contributed by atoms with Gasteiger partial charge in [0.05, 0.1) is 16.3 Å². The van der Waals surface area contributed by atoms with Crippen molar-refractivity contribution in [2.24, 2.45) is 5.92 Å². The van der Waals surface area contributed by atoms with E-state index in [4.69, 9.17) is 10.5 Å². The zero-order valence-electron chi connectivity index (χ0n) is 11.6. The first-order valence-electron chi connectivity index (χ1n) is 6.67. The van der Waals surface area contributed by atoms with Crippen LogP contribution in [-0.4, -0.2) is 35.2 Å². The van der Waals surface area contributed by atoms with Crippen LogP contribution in [0.25, 0.3) is 0 Å². The Kier molecular flexibility index (Phi) is 4.85. The fourth-order valence-corrected chi connectivity index (χ4v) is 2.96. The number of sulfonamides is 1. The summed E-state index contributed by atoms with van der Waals surface area (Å²) in [5, 5.41) is 3.28. The van der Waals surface area contributed by atoms with Gasteiger partial charge in [-0.3, -0.25) is 0 Å². The third-order valence-corrected chi connectivity index (χ3v) is 4.94. The molecule has 1 aromatic carbocycles. The first-order chi connectivity index (χ1) is 9.53. The van der Waals surface area contributed by atoms with Gasteiger partial charge in [0.1, 0.15) is 0 Å². The second-order valence-electron chi connectivity index (χ2n) is 4.89. The van der Waals surface area contributed by atoms with Gasteiger partial charge in [-0.2, -0.15) is 0 Å². The van der Waals surface area contributed by atoms with Gasteiger partial charge in [-0.25, -0.2) is 13.1 Å². The summed E-state index contributed by atoms with van der Waals surface area (Å²) >= 11 is 0.